The van der Waals surface area contributed by atoms with Gasteiger partial charge < -0.3 is 41.4 Å². The lowest BCUT2D eigenvalue weighted by Crippen LogP contribution is -2.62. The number of carbonyl (C=O) groups is 2. The molecule has 0 amide bonds. The van der Waals surface area contributed by atoms with Crippen molar-refractivity contribution < 1.29 is 39.5 Å². The number of aliphatic hydroxyl groups excluding tert-OH is 3. The first-order valence-electron chi connectivity index (χ1n) is 5.83. The zero-order valence-corrected chi connectivity index (χ0v) is 10.5. The Morgan fingerprint density at radius 3 is 2.40 bits per heavy atom. The largest absolute Gasteiger partial charge is 0.480 e. The second kappa shape index (κ2) is 6.92. The maximum Gasteiger partial charge on any atom is 0.321 e. The molecular weight excluding hydrogens is 276 g/mol. The van der Waals surface area contributed by atoms with Crippen molar-refractivity contribution in [2.24, 2.45) is 11.5 Å². The van der Waals surface area contributed by atoms with E-state index >= 15 is 0 Å². The monoisotopic (exact) mass is 294 g/mol. The van der Waals surface area contributed by atoms with E-state index in [1.807, 2.05) is 0 Å². The van der Waals surface area contributed by atoms with Gasteiger partial charge in [0, 0.05) is 0 Å². The van der Waals surface area contributed by atoms with Crippen LogP contribution in [-0.2, 0) is 19.1 Å². The second-order valence-electron chi connectivity index (χ2n) is 4.42. The van der Waals surface area contributed by atoms with Crippen LogP contribution in [0.4, 0.5) is 0 Å². The van der Waals surface area contributed by atoms with Crippen LogP contribution >= 0.6 is 0 Å². The molecule has 6 atom stereocenters. The Bertz CT molecular complexity index is 363. The molecule has 0 aromatic heterocycles. The highest BCUT2D eigenvalue weighted by Crippen LogP contribution is 2.21. The molecule has 2 unspecified atom stereocenters. The first-order valence-corrected chi connectivity index (χ1v) is 5.83. The predicted molar refractivity (Wildman–Crippen MR) is 62.1 cm³/mol. The van der Waals surface area contributed by atoms with Gasteiger partial charge in [0.2, 0.25) is 6.29 Å². The highest BCUT2D eigenvalue weighted by atomic mass is 16.7. The molecule has 10 heteroatoms. The van der Waals surface area contributed by atoms with Crippen molar-refractivity contribution in [1.29, 1.82) is 0 Å². The molecule has 1 fully saturated rings. The van der Waals surface area contributed by atoms with Crippen molar-refractivity contribution >= 4 is 11.9 Å². The second-order valence-corrected chi connectivity index (χ2v) is 4.42. The summed E-state index contributed by atoms with van der Waals surface area (Å²) in [6, 6.07) is -2.68. The molecule has 20 heavy (non-hydrogen) atoms. The van der Waals surface area contributed by atoms with Crippen molar-refractivity contribution in [2.45, 2.75) is 43.1 Å². The van der Waals surface area contributed by atoms with E-state index in [4.69, 9.17) is 31.2 Å². The fraction of sp³-hybridized carbons (Fsp3) is 0.800. The Hall–Kier alpha value is -1.30. The quantitative estimate of drug-likeness (QED) is 0.274. The van der Waals surface area contributed by atoms with Crippen LogP contribution in [0, 0.1) is 0 Å². The lowest BCUT2D eigenvalue weighted by atomic mass is 9.98. The standard InChI is InChI=1S/C10H18N2O8/c11-3(9(17)18)1-5(14)20-10-6(12)8(16)7(15)4(2-13)19-10/h3-4,6-8,10,13,15-16H,1-2,11-12H2,(H,17,18)/t3?,4-,6-,7-,8-,10?/m1/s1. The van der Waals surface area contributed by atoms with Crippen molar-refractivity contribution in [1.82, 2.24) is 0 Å². The highest BCUT2D eigenvalue weighted by molar-refractivity contribution is 5.81. The zero-order valence-electron chi connectivity index (χ0n) is 10.5. The number of carbonyl (C=O) groups excluding carboxylic acids is 1. The molecule has 0 aromatic rings. The summed E-state index contributed by atoms with van der Waals surface area (Å²) in [5, 5.41) is 36.7. The minimum Gasteiger partial charge on any atom is -0.480 e. The summed E-state index contributed by atoms with van der Waals surface area (Å²) in [5.74, 6) is -2.36. The number of nitrogens with two attached hydrogens (primary N) is 2. The minimum absolute atomic E-state index is 0.607. The first-order chi connectivity index (χ1) is 9.27. The normalized spacial score (nSPS) is 35.4. The topological polar surface area (TPSA) is 186 Å². The Morgan fingerprint density at radius 1 is 1.30 bits per heavy atom. The maximum absolute atomic E-state index is 11.4. The van der Waals surface area contributed by atoms with Crippen LogP contribution in [0.2, 0.25) is 0 Å². The molecule has 8 N–H and O–H groups in total. The fourth-order valence-corrected chi connectivity index (χ4v) is 1.65. The average molecular weight is 294 g/mol. The van der Waals surface area contributed by atoms with Crippen LogP contribution in [0.3, 0.4) is 0 Å². The molecule has 1 aliphatic rings. The van der Waals surface area contributed by atoms with Gasteiger partial charge in [0.1, 0.15) is 24.4 Å². The molecule has 0 aliphatic carbocycles. The van der Waals surface area contributed by atoms with E-state index in [0.29, 0.717) is 0 Å². The SMILES string of the molecule is NC(CC(=O)OC1O[C@H](CO)[C@@H](O)[C@H](O)[C@H]1N)C(=O)O. The summed E-state index contributed by atoms with van der Waals surface area (Å²) in [6.45, 7) is -0.617. The molecule has 0 saturated carbocycles. The molecule has 116 valence electrons. The number of carboxylic acid groups (broad SMARTS) is 1. The Morgan fingerprint density at radius 2 is 1.90 bits per heavy atom. The van der Waals surface area contributed by atoms with Crippen LogP contribution in [0.15, 0.2) is 0 Å². The molecule has 10 nitrogen and oxygen atoms in total. The molecule has 0 bridgehead atoms. The molecule has 1 saturated heterocycles. The lowest BCUT2D eigenvalue weighted by molar-refractivity contribution is -0.259. The van der Waals surface area contributed by atoms with E-state index in [1.54, 1.807) is 0 Å². The van der Waals surface area contributed by atoms with Gasteiger partial charge in [-0.25, -0.2) is 0 Å². The summed E-state index contributed by atoms with van der Waals surface area (Å²) in [4.78, 5) is 21.9. The van der Waals surface area contributed by atoms with Gasteiger partial charge in [0.15, 0.2) is 0 Å². The molecule has 0 aromatic carbocycles. The van der Waals surface area contributed by atoms with Gasteiger partial charge in [-0.3, -0.25) is 9.59 Å². The van der Waals surface area contributed by atoms with E-state index in [-0.39, 0.29) is 0 Å². The van der Waals surface area contributed by atoms with Crippen LogP contribution < -0.4 is 11.5 Å². The summed E-state index contributed by atoms with van der Waals surface area (Å²) in [7, 11) is 0. The predicted octanol–water partition coefficient (Wildman–Crippen LogP) is -3.90. The molecule has 0 spiro atoms. The molecule has 1 rings (SSSR count). The summed E-state index contributed by atoms with van der Waals surface area (Å²) < 4.78 is 9.79. The maximum atomic E-state index is 11.4. The number of carboxylic acids is 1. The van der Waals surface area contributed by atoms with Gasteiger partial charge in [0.25, 0.3) is 0 Å². The van der Waals surface area contributed by atoms with Crippen LogP contribution in [0.5, 0.6) is 0 Å². The Kier molecular flexibility index (Phi) is 5.80. The third kappa shape index (κ3) is 3.85. The van der Waals surface area contributed by atoms with E-state index in [1.165, 1.54) is 0 Å². The van der Waals surface area contributed by atoms with E-state index in [9.17, 15) is 19.8 Å². The van der Waals surface area contributed by atoms with Crippen LogP contribution in [-0.4, -0.2) is 75.7 Å². The molecule has 1 aliphatic heterocycles. The van der Waals surface area contributed by atoms with Gasteiger partial charge >= 0.3 is 11.9 Å². The first kappa shape index (κ1) is 16.8. The van der Waals surface area contributed by atoms with E-state index in [0.717, 1.165) is 0 Å². The number of esters is 1. The lowest BCUT2D eigenvalue weighted by Gasteiger charge is -2.39. The smallest absolute Gasteiger partial charge is 0.321 e. The Balaban J connectivity index is 2.61. The Labute approximate surface area is 113 Å². The molecule has 0 radical (unpaired) electrons. The number of rotatable bonds is 5. The number of hydrogen-bond donors (Lipinski definition) is 6. The third-order valence-corrected chi connectivity index (χ3v) is 2.88. The zero-order chi connectivity index (χ0) is 15.4. The number of hydrogen-bond acceptors (Lipinski definition) is 9. The number of aliphatic carboxylic acids is 1. The van der Waals surface area contributed by atoms with Crippen molar-refractivity contribution in [3.8, 4) is 0 Å². The summed E-state index contributed by atoms with van der Waals surface area (Å²) in [5.41, 5.74) is 10.7. The summed E-state index contributed by atoms with van der Waals surface area (Å²) >= 11 is 0. The van der Waals surface area contributed by atoms with Crippen molar-refractivity contribution in [2.75, 3.05) is 6.61 Å². The van der Waals surface area contributed by atoms with Crippen LogP contribution in [0.25, 0.3) is 0 Å². The van der Waals surface area contributed by atoms with E-state index in [2.05, 4.69) is 0 Å². The van der Waals surface area contributed by atoms with Gasteiger partial charge in [0.05, 0.1) is 19.1 Å². The minimum atomic E-state index is -1.47. The third-order valence-electron chi connectivity index (χ3n) is 2.88. The average Bonchev–Trinajstić information content (AvgIpc) is 2.39. The molecular formula is C10H18N2O8. The van der Waals surface area contributed by atoms with Gasteiger partial charge in [-0.1, -0.05) is 0 Å². The summed E-state index contributed by atoms with van der Waals surface area (Å²) in [6.07, 6.45) is -6.09. The number of aliphatic hydroxyl groups is 3. The van der Waals surface area contributed by atoms with Crippen LogP contribution in [0.1, 0.15) is 6.42 Å². The van der Waals surface area contributed by atoms with E-state index < -0.39 is 61.7 Å². The van der Waals surface area contributed by atoms with Gasteiger partial charge in [-0.05, 0) is 0 Å². The van der Waals surface area contributed by atoms with Crippen molar-refractivity contribution in [3.63, 3.8) is 0 Å². The van der Waals surface area contributed by atoms with Crippen molar-refractivity contribution in [3.05, 3.63) is 0 Å². The fourth-order valence-electron chi connectivity index (χ4n) is 1.65. The number of ether oxygens (including phenoxy) is 2. The highest BCUT2D eigenvalue weighted by Gasteiger charge is 2.44. The van der Waals surface area contributed by atoms with Gasteiger partial charge in [-0.15, -0.1) is 0 Å². The molecule has 1 heterocycles. The van der Waals surface area contributed by atoms with Gasteiger partial charge in [-0.2, -0.15) is 0 Å².